The molecule has 0 aliphatic heterocycles. The SMILES string of the molecule is Cc1cnc(C(=O)c2cccc(OC(F)(F)F)c2)nc1. The molecule has 2 rings (SSSR count). The monoisotopic (exact) mass is 282 g/mol. The van der Waals surface area contributed by atoms with Crippen molar-refractivity contribution in [1.82, 2.24) is 9.97 Å². The van der Waals surface area contributed by atoms with Crippen LogP contribution in [-0.2, 0) is 0 Å². The highest BCUT2D eigenvalue weighted by molar-refractivity contribution is 6.06. The van der Waals surface area contributed by atoms with E-state index in [1.807, 2.05) is 0 Å². The molecule has 0 saturated carbocycles. The first kappa shape index (κ1) is 14.0. The van der Waals surface area contributed by atoms with Gasteiger partial charge in [-0.25, -0.2) is 9.97 Å². The average Bonchev–Trinajstić information content (AvgIpc) is 2.37. The van der Waals surface area contributed by atoms with E-state index in [1.54, 1.807) is 6.92 Å². The number of hydrogen-bond donors (Lipinski definition) is 0. The molecule has 0 bridgehead atoms. The van der Waals surface area contributed by atoms with Gasteiger partial charge in [0.1, 0.15) is 5.75 Å². The quantitative estimate of drug-likeness (QED) is 0.812. The van der Waals surface area contributed by atoms with E-state index in [1.165, 1.54) is 24.5 Å². The third-order valence-corrected chi connectivity index (χ3v) is 2.31. The molecule has 104 valence electrons. The molecule has 1 aromatic carbocycles. The van der Waals surface area contributed by atoms with Crippen LogP contribution >= 0.6 is 0 Å². The van der Waals surface area contributed by atoms with Crippen molar-refractivity contribution in [3.63, 3.8) is 0 Å². The van der Waals surface area contributed by atoms with E-state index in [-0.39, 0.29) is 11.4 Å². The summed E-state index contributed by atoms with van der Waals surface area (Å²) in [5.41, 5.74) is 0.798. The number of halogens is 3. The van der Waals surface area contributed by atoms with E-state index in [0.717, 1.165) is 17.7 Å². The lowest BCUT2D eigenvalue weighted by atomic mass is 10.1. The first-order chi connectivity index (χ1) is 9.35. The molecule has 0 fully saturated rings. The molecule has 1 aromatic heterocycles. The molecular weight excluding hydrogens is 273 g/mol. The predicted octanol–water partition coefficient (Wildman–Crippen LogP) is 2.91. The molecule has 0 radical (unpaired) electrons. The molecule has 0 saturated heterocycles. The van der Waals surface area contributed by atoms with E-state index in [4.69, 9.17) is 0 Å². The van der Waals surface area contributed by atoms with Gasteiger partial charge in [-0.2, -0.15) is 0 Å². The van der Waals surface area contributed by atoms with Crippen molar-refractivity contribution in [3.05, 3.63) is 53.6 Å². The van der Waals surface area contributed by atoms with E-state index in [2.05, 4.69) is 14.7 Å². The van der Waals surface area contributed by atoms with Crippen LogP contribution in [-0.4, -0.2) is 22.1 Å². The van der Waals surface area contributed by atoms with Gasteiger partial charge in [-0.05, 0) is 24.6 Å². The summed E-state index contributed by atoms with van der Waals surface area (Å²) in [5, 5.41) is 0. The Morgan fingerprint density at radius 3 is 2.45 bits per heavy atom. The van der Waals surface area contributed by atoms with E-state index >= 15 is 0 Å². The van der Waals surface area contributed by atoms with Crippen LogP contribution in [0.2, 0.25) is 0 Å². The minimum atomic E-state index is -4.80. The third kappa shape index (κ3) is 3.53. The first-order valence-electron chi connectivity index (χ1n) is 5.54. The molecule has 0 unspecified atom stereocenters. The van der Waals surface area contributed by atoms with Gasteiger partial charge in [0, 0.05) is 18.0 Å². The Morgan fingerprint density at radius 2 is 1.85 bits per heavy atom. The second-order valence-electron chi connectivity index (χ2n) is 3.99. The van der Waals surface area contributed by atoms with Crippen LogP contribution in [0.15, 0.2) is 36.7 Å². The molecule has 0 N–H and O–H groups in total. The van der Waals surface area contributed by atoms with Gasteiger partial charge in [0.25, 0.3) is 0 Å². The molecule has 0 amide bonds. The van der Waals surface area contributed by atoms with Gasteiger partial charge < -0.3 is 4.74 Å². The number of benzene rings is 1. The number of carbonyl (C=O) groups is 1. The fraction of sp³-hybridized carbons (Fsp3) is 0.154. The smallest absolute Gasteiger partial charge is 0.406 e. The maximum absolute atomic E-state index is 12.1. The molecule has 0 aliphatic rings. The molecule has 0 aliphatic carbocycles. The third-order valence-electron chi connectivity index (χ3n) is 2.31. The van der Waals surface area contributed by atoms with Gasteiger partial charge in [-0.3, -0.25) is 4.79 Å². The van der Waals surface area contributed by atoms with Gasteiger partial charge in [0.2, 0.25) is 11.6 Å². The van der Waals surface area contributed by atoms with Gasteiger partial charge in [-0.1, -0.05) is 12.1 Å². The molecule has 7 heteroatoms. The molecule has 4 nitrogen and oxygen atoms in total. The summed E-state index contributed by atoms with van der Waals surface area (Å²) >= 11 is 0. The Balaban J connectivity index is 2.26. The molecule has 0 spiro atoms. The van der Waals surface area contributed by atoms with Gasteiger partial charge in [-0.15, -0.1) is 13.2 Å². The molecule has 20 heavy (non-hydrogen) atoms. The first-order valence-corrected chi connectivity index (χ1v) is 5.54. The Morgan fingerprint density at radius 1 is 1.20 bits per heavy atom. The standard InChI is InChI=1S/C13H9F3N2O2/c1-8-6-17-12(18-7-8)11(19)9-3-2-4-10(5-9)20-13(14,15)16/h2-7H,1H3. The van der Waals surface area contributed by atoms with Gasteiger partial charge in [0.15, 0.2) is 0 Å². The van der Waals surface area contributed by atoms with Crippen molar-refractivity contribution in [1.29, 1.82) is 0 Å². The summed E-state index contributed by atoms with van der Waals surface area (Å²) in [4.78, 5) is 19.7. The second kappa shape index (κ2) is 5.28. The Labute approximate surface area is 112 Å². The molecule has 0 atom stereocenters. The van der Waals surface area contributed by atoms with Crippen LogP contribution in [0.3, 0.4) is 0 Å². The summed E-state index contributed by atoms with van der Waals surface area (Å²) in [6, 6.07) is 4.77. The van der Waals surface area contributed by atoms with Crippen LogP contribution in [0, 0.1) is 6.92 Å². The lowest BCUT2D eigenvalue weighted by Crippen LogP contribution is -2.17. The highest BCUT2D eigenvalue weighted by atomic mass is 19.4. The van der Waals surface area contributed by atoms with E-state index in [9.17, 15) is 18.0 Å². The number of ether oxygens (including phenoxy) is 1. The highest BCUT2D eigenvalue weighted by Gasteiger charge is 2.31. The van der Waals surface area contributed by atoms with Crippen molar-refractivity contribution in [2.45, 2.75) is 13.3 Å². The Bertz CT molecular complexity index is 624. The Kier molecular flexibility index (Phi) is 3.69. The zero-order valence-electron chi connectivity index (χ0n) is 10.3. The number of ketones is 1. The van der Waals surface area contributed by atoms with Gasteiger partial charge >= 0.3 is 6.36 Å². The summed E-state index contributed by atoms with van der Waals surface area (Å²) in [6.45, 7) is 1.76. The van der Waals surface area contributed by atoms with Crippen molar-refractivity contribution < 1.29 is 22.7 Å². The number of carbonyl (C=O) groups excluding carboxylic acids is 1. The van der Waals surface area contributed by atoms with Crippen LogP contribution in [0.4, 0.5) is 13.2 Å². The topological polar surface area (TPSA) is 52.1 Å². The minimum Gasteiger partial charge on any atom is -0.406 e. The lowest BCUT2D eigenvalue weighted by molar-refractivity contribution is -0.274. The Hall–Kier alpha value is -2.44. The second-order valence-corrected chi connectivity index (χ2v) is 3.99. The number of alkyl halides is 3. The molecule has 2 aromatic rings. The highest BCUT2D eigenvalue weighted by Crippen LogP contribution is 2.23. The number of aromatic nitrogens is 2. The normalized spacial score (nSPS) is 11.2. The summed E-state index contributed by atoms with van der Waals surface area (Å²) in [6.07, 6.45) is -1.89. The van der Waals surface area contributed by atoms with Crippen LogP contribution in [0.25, 0.3) is 0 Å². The van der Waals surface area contributed by atoms with E-state index < -0.39 is 17.9 Å². The van der Waals surface area contributed by atoms with Crippen LogP contribution in [0.5, 0.6) is 5.75 Å². The van der Waals surface area contributed by atoms with Crippen LogP contribution < -0.4 is 4.74 Å². The zero-order chi connectivity index (χ0) is 14.8. The van der Waals surface area contributed by atoms with Crippen molar-refractivity contribution in [3.8, 4) is 5.75 Å². The van der Waals surface area contributed by atoms with Gasteiger partial charge in [0.05, 0.1) is 0 Å². The maximum Gasteiger partial charge on any atom is 0.573 e. The van der Waals surface area contributed by atoms with Crippen molar-refractivity contribution >= 4 is 5.78 Å². The van der Waals surface area contributed by atoms with Crippen LogP contribution in [0.1, 0.15) is 21.7 Å². The summed E-state index contributed by atoms with van der Waals surface area (Å²) in [7, 11) is 0. The molecule has 1 heterocycles. The maximum atomic E-state index is 12.1. The number of aryl methyl sites for hydroxylation is 1. The van der Waals surface area contributed by atoms with E-state index in [0.29, 0.717) is 0 Å². The molecular formula is C13H9F3N2O2. The zero-order valence-corrected chi connectivity index (χ0v) is 10.3. The fourth-order valence-electron chi connectivity index (χ4n) is 1.47. The minimum absolute atomic E-state index is 0.0237. The number of nitrogens with zero attached hydrogens (tertiary/aromatic N) is 2. The van der Waals surface area contributed by atoms with Crippen molar-refractivity contribution in [2.75, 3.05) is 0 Å². The fourth-order valence-corrected chi connectivity index (χ4v) is 1.47. The number of hydrogen-bond acceptors (Lipinski definition) is 4. The summed E-state index contributed by atoms with van der Waals surface area (Å²) in [5.74, 6) is -1.12. The van der Waals surface area contributed by atoms with Crippen molar-refractivity contribution in [2.24, 2.45) is 0 Å². The summed E-state index contributed by atoms with van der Waals surface area (Å²) < 4.78 is 40.1. The largest absolute Gasteiger partial charge is 0.573 e. The lowest BCUT2D eigenvalue weighted by Gasteiger charge is -2.09. The average molecular weight is 282 g/mol. The predicted molar refractivity (Wildman–Crippen MR) is 63.3 cm³/mol. The number of rotatable bonds is 3.